The van der Waals surface area contributed by atoms with Crippen LogP contribution in [0.5, 0.6) is 0 Å². The number of benzene rings is 2. The summed E-state index contributed by atoms with van der Waals surface area (Å²) >= 11 is 0. The van der Waals surface area contributed by atoms with E-state index in [1.165, 1.54) is 23.0 Å². The normalized spacial score (nSPS) is 21.0. The molecule has 9 heteroatoms. The van der Waals surface area contributed by atoms with Crippen LogP contribution in [-0.4, -0.2) is 46.7 Å². The summed E-state index contributed by atoms with van der Waals surface area (Å²) in [6.07, 6.45) is 0.606. The van der Waals surface area contributed by atoms with Crippen molar-refractivity contribution in [1.82, 2.24) is 19.5 Å². The molecule has 0 saturated carbocycles. The molecule has 0 unspecified atom stereocenters. The van der Waals surface area contributed by atoms with Crippen molar-refractivity contribution >= 4 is 35.7 Å². The summed E-state index contributed by atoms with van der Waals surface area (Å²) in [6.45, 7) is 6.94. The molecule has 2 aromatic carbocycles. The lowest BCUT2D eigenvalue weighted by Gasteiger charge is -2.43. The smallest absolute Gasteiger partial charge is 0.261 e. The third-order valence-electron chi connectivity index (χ3n) is 6.69. The van der Waals surface area contributed by atoms with Crippen LogP contribution in [0.15, 0.2) is 73.3 Å². The first-order valence-corrected chi connectivity index (χ1v) is 13.7. The number of halogens is 1. The number of anilines is 1. The SMILES string of the molecule is CC(C)(C)[Si](OC[C@@H]1C[C@@H](F)[C@H](n2cnc3c(N)ncnc32)O1)(c1ccccc1)c1ccccc1. The lowest BCUT2D eigenvalue weighted by molar-refractivity contribution is -0.0326. The number of ether oxygens (including phenoxy) is 1. The van der Waals surface area contributed by atoms with Crippen LogP contribution in [0.1, 0.15) is 33.4 Å². The highest BCUT2D eigenvalue weighted by molar-refractivity contribution is 6.99. The third-order valence-corrected chi connectivity index (χ3v) is 11.7. The maximum atomic E-state index is 15.2. The van der Waals surface area contributed by atoms with Crippen molar-refractivity contribution < 1.29 is 13.6 Å². The summed E-state index contributed by atoms with van der Waals surface area (Å²) in [7, 11) is -2.74. The van der Waals surface area contributed by atoms with Gasteiger partial charge in [0.05, 0.1) is 19.0 Å². The summed E-state index contributed by atoms with van der Waals surface area (Å²) in [6, 6.07) is 20.8. The maximum Gasteiger partial charge on any atom is 0.261 e. The summed E-state index contributed by atoms with van der Waals surface area (Å²) in [5, 5.41) is 2.19. The van der Waals surface area contributed by atoms with Crippen molar-refractivity contribution in [3.05, 3.63) is 73.3 Å². The molecule has 4 aromatic rings. The van der Waals surface area contributed by atoms with Gasteiger partial charge in [-0.05, 0) is 15.4 Å². The molecule has 0 spiro atoms. The summed E-state index contributed by atoms with van der Waals surface area (Å²) in [5.74, 6) is 0.258. The fourth-order valence-corrected chi connectivity index (χ4v) is 9.68. The van der Waals surface area contributed by atoms with Gasteiger partial charge in [0.2, 0.25) is 0 Å². The lowest BCUT2D eigenvalue weighted by Crippen LogP contribution is -2.67. The lowest BCUT2D eigenvalue weighted by atomic mass is 10.2. The van der Waals surface area contributed by atoms with Gasteiger partial charge in [0.15, 0.2) is 17.7 Å². The van der Waals surface area contributed by atoms with Crippen molar-refractivity contribution in [1.29, 1.82) is 0 Å². The van der Waals surface area contributed by atoms with Gasteiger partial charge >= 0.3 is 0 Å². The zero-order chi connectivity index (χ0) is 24.6. The van der Waals surface area contributed by atoms with Crippen molar-refractivity contribution in [3.8, 4) is 0 Å². The van der Waals surface area contributed by atoms with E-state index < -0.39 is 26.8 Å². The van der Waals surface area contributed by atoms with E-state index in [1.807, 2.05) is 36.4 Å². The van der Waals surface area contributed by atoms with E-state index in [0.29, 0.717) is 11.2 Å². The predicted octanol–water partition coefficient (Wildman–Crippen LogP) is 3.61. The van der Waals surface area contributed by atoms with Crippen LogP contribution in [0, 0.1) is 0 Å². The Labute approximate surface area is 205 Å². The fourth-order valence-electron chi connectivity index (χ4n) is 5.09. The Morgan fingerprint density at radius 2 is 1.66 bits per heavy atom. The van der Waals surface area contributed by atoms with Crippen LogP contribution in [-0.2, 0) is 9.16 Å². The van der Waals surface area contributed by atoms with Crippen LogP contribution in [0.3, 0.4) is 0 Å². The number of imidazole rings is 1. The minimum absolute atomic E-state index is 0.169. The monoisotopic (exact) mass is 491 g/mol. The largest absolute Gasteiger partial charge is 0.405 e. The van der Waals surface area contributed by atoms with Crippen LogP contribution in [0.2, 0.25) is 5.04 Å². The van der Waals surface area contributed by atoms with E-state index in [1.54, 1.807) is 4.57 Å². The summed E-state index contributed by atoms with van der Waals surface area (Å²) < 4.78 is 30.0. The minimum atomic E-state index is -2.74. The molecular weight excluding hydrogens is 461 g/mol. The van der Waals surface area contributed by atoms with Gasteiger partial charge in [-0.3, -0.25) is 4.57 Å². The van der Waals surface area contributed by atoms with E-state index in [0.717, 1.165) is 0 Å². The third kappa shape index (κ3) is 4.13. The Kier molecular flexibility index (Phi) is 6.16. The molecule has 3 atom stereocenters. The van der Waals surface area contributed by atoms with Gasteiger partial charge in [0.1, 0.15) is 18.0 Å². The van der Waals surface area contributed by atoms with Gasteiger partial charge in [-0.1, -0.05) is 81.4 Å². The Morgan fingerprint density at radius 3 is 2.26 bits per heavy atom. The molecule has 0 aliphatic carbocycles. The average molecular weight is 492 g/mol. The molecule has 5 rings (SSSR count). The first kappa shape index (κ1) is 23.6. The molecule has 3 heterocycles. The second-order valence-electron chi connectivity index (χ2n) is 9.96. The number of hydrogen-bond donors (Lipinski definition) is 1. The molecule has 2 N–H and O–H groups in total. The van der Waals surface area contributed by atoms with Crippen molar-refractivity contribution in [2.75, 3.05) is 12.3 Å². The maximum absolute atomic E-state index is 15.2. The van der Waals surface area contributed by atoms with E-state index in [2.05, 4.69) is 60.0 Å². The number of rotatable bonds is 6. The fraction of sp³-hybridized carbons (Fsp3) is 0.346. The van der Waals surface area contributed by atoms with Gasteiger partial charge in [0.25, 0.3) is 8.32 Å². The number of aromatic nitrogens is 4. The molecule has 1 aliphatic rings. The summed E-state index contributed by atoms with van der Waals surface area (Å²) in [4.78, 5) is 12.5. The van der Waals surface area contributed by atoms with E-state index in [9.17, 15) is 0 Å². The van der Waals surface area contributed by atoms with E-state index >= 15 is 4.39 Å². The molecule has 35 heavy (non-hydrogen) atoms. The molecule has 1 aliphatic heterocycles. The molecule has 1 saturated heterocycles. The van der Waals surface area contributed by atoms with Gasteiger partial charge in [-0.25, -0.2) is 19.3 Å². The Morgan fingerprint density at radius 1 is 1.03 bits per heavy atom. The molecule has 2 aromatic heterocycles. The van der Waals surface area contributed by atoms with Crippen molar-refractivity contribution in [3.63, 3.8) is 0 Å². The van der Waals surface area contributed by atoms with Crippen LogP contribution in [0.4, 0.5) is 10.2 Å². The van der Waals surface area contributed by atoms with Crippen molar-refractivity contribution in [2.24, 2.45) is 0 Å². The first-order valence-electron chi connectivity index (χ1n) is 11.8. The van der Waals surface area contributed by atoms with E-state index in [-0.39, 0.29) is 23.9 Å². The topological polar surface area (TPSA) is 88.1 Å². The average Bonchev–Trinajstić information content (AvgIpc) is 3.44. The minimum Gasteiger partial charge on any atom is -0.405 e. The zero-order valence-corrected chi connectivity index (χ0v) is 21.1. The highest BCUT2D eigenvalue weighted by atomic mass is 28.4. The first-order chi connectivity index (χ1) is 16.8. The second kappa shape index (κ2) is 9.14. The number of fused-ring (bicyclic) bond motifs is 1. The molecule has 1 fully saturated rings. The number of alkyl halides is 1. The zero-order valence-electron chi connectivity index (χ0n) is 20.1. The van der Waals surface area contributed by atoms with E-state index in [4.69, 9.17) is 14.9 Å². The molecule has 0 amide bonds. The number of hydrogen-bond acceptors (Lipinski definition) is 6. The summed E-state index contributed by atoms with van der Waals surface area (Å²) in [5.41, 5.74) is 6.80. The molecule has 0 radical (unpaired) electrons. The van der Waals surface area contributed by atoms with Gasteiger partial charge in [-0.2, -0.15) is 0 Å². The molecule has 182 valence electrons. The highest BCUT2D eigenvalue weighted by Crippen LogP contribution is 2.39. The highest BCUT2D eigenvalue weighted by Gasteiger charge is 2.51. The second-order valence-corrected chi connectivity index (χ2v) is 14.3. The number of nitrogens with zero attached hydrogens (tertiary/aromatic N) is 4. The Bertz CT molecular complexity index is 1260. The van der Waals surface area contributed by atoms with Gasteiger partial charge in [0, 0.05) is 6.42 Å². The molecule has 7 nitrogen and oxygen atoms in total. The number of nitrogen functional groups attached to an aromatic ring is 1. The van der Waals surface area contributed by atoms with Crippen LogP contribution in [0.25, 0.3) is 11.2 Å². The number of nitrogens with two attached hydrogens (primary N) is 1. The van der Waals surface area contributed by atoms with Crippen molar-refractivity contribution in [2.45, 2.75) is 50.7 Å². The van der Waals surface area contributed by atoms with Crippen LogP contribution < -0.4 is 16.1 Å². The molecular formula is C26H30FN5O2Si. The van der Waals surface area contributed by atoms with Gasteiger partial charge in [-0.15, -0.1) is 0 Å². The molecule has 0 bridgehead atoms. The Balaban J connectivity index is 1.44. The standard InChI is InChI=1S/C26H30FN5O2Si/c1-26(2,3)35(19-10-6-4-7-11-19,20-12-8-5-9-13-20)33-15-18-14-21(27)25(34-18)32-17-31-22-23(28)29-16-30-24(22)32/h4-13,16-18,21,25H,14-15H2,1-3H3,(H2,28,29,30)/t18-,21+,25+/m0/s1. The van der Waals surface area contributed by atoms with Crippen LogP contribution >= 0.6 is 0 Å². The Hall–Kier alpha value is -3.14. The quantitative estimate of drug-likeness (QED) is 0.415. The van der Waals surface area contributed by atoms with Gasteiger partial charge < -0.3 is 14.9 Å². The predicted molar refractivity (Wildman–Crippen MR) is 137 cm³/mol.